The number of hydrogen-bond donors (Lipinski definition) is 1. The van der Waals surface area contributed by atoms with Crippen molar-refractivity contribution in [2.24, 2.45) is 0 Å². The molecule has 1 saturated heterocycles. The van der Waals surface area contributed by atoms with E-state index < -0.39 is 4.92 Å². The van der Waals surface area contributed by atoms with Crippen LogP contribution in [0, 0.1) is 10.1 Å². The maximum absolute atomic E-state index is 12.3. The fraction of sp³-hybridized carbons (Fsp3) is 0.417. The van der Waals surface area contributed by atoms with Crippen LogP contribution in [0.1, 0.15) is 17.3 Å². The van der Waals surface area contributed by atoms with Gasteiger partial charge in [-0.3, -0.25) is 14.9 Å². The molecule has 0 saturated carbocycles. The lowest BCUT2D eigenvalue weighted by Gasteiger charge is -2.32. The highest BCUT2D eigenvalue weighted by Gasteiger charge is 2.24. The number of rotatable bonds is 2. The minimum Gasteiger partial charge on any atom is -0.336 e. The van der Waals surface area contributed by atoms with E-state index >= 15 is 0 Å². The molecule has 2 rings (SSSR count). The van der Waals surface area contributed by atoms with Crippen molar-refractivity contribution in [2.75, 3.05) is 19.6 Å². The minimum absolute atomic E-state index is 0.116. The smallest absolute Gasteiger partial charge is 0.270 e. The summed E-state index contributed by atoms with van der Waals surface area (Å²) in [6.07, 6.45) is 0. The second-order valence-corrected chi connectivity index (χ2v) is 4.93. The third kappa shape index (κ3) is 3.02. The van der Waals surface area contributed by atoms with Gasteiger partial charge in [-0.1, -0.05) is 11.6 Å². The van der Waals surface area contributed by atoms with Crippen molar-refractivity contribution >= 4 is 23.2 Å². The topological polar surface area (TPSA) is 75.5 Å². The molecule has 1 fully saturated rings. The summed E-state index contributed by atoms with van der Waals surface area (Å²) in [5.41, 5.74) is 0.191. The maximum Gasteiger partial charge on any atom is 0.270 e. The predicted molar refractivity (Wildman–Crippen MR) is 71.5 cm³/mol. The number of nitro groups is 1. The largest absolute Gasteiger partial charge is 0.336 e. The van der Waals surface area contributed by atoms with Crippen LogP contribution in [0.5, 0.6) is 0 Å². The number of benzene rings is 1. The lowest BCUT2D eigenvalue weighted by molar-refractivity contribution is -0.384. The number of piperazine rings is 1. The summed E-state index contributed by atoms with van der Waals surface area (Å²) in [5.74, 6) is -0.187. The van der Waals surface area contributed by atoms with E-state index in [-0.39, 0.29) is 22.7 Å². The first-order chi connectivity index (χ1) is 8.99. The summed E-state index contributed by atoms with van der Waals surface area (Å²) in [6, 6.07) is 4.15. The number of carbonyl (C=O) groups excluding carboxylic acids is 1. The van der Waals surface area contributed by atoms with Crippen molar-refractivity contribution in [3.05, 3.63) is 38.9 Å². The van der Waals surface area contributed by atoms with Crippen LogP contribution in [0.25, 0.3) is 0 Å². The Morgan fingerprint density at radius 1 is 1.58 bits per heavy atom. The van der Waals surface area contributed by atoms with Gasteiger partial charge in [0.15, 0.2) is 0 Å². The van der Waals surface area contributed by atoms with Crippen LogP contribution in [-0.4, -0.2) is 41.4 Å². The van der Waals surface area contributed by atoms with Crippen LogP contribution in [0.15, 0.2) is 18.2 Å². The summed E-state index contributed by atoms with van der Waals surface area (Å²) < 4.78 is 0. The SMILES string of the molecule is CC1CN(C(=O)c2ccc([N+](=O)[O-])cc2Cl)CCN1. The van der Waals surface area contributed by atoms with Crippen molar-refractivity contribution < 1.29 is 9.72 Å². The van der Waals surface area contributed by atoms with E-state index in [0.29, 0.717) is 18.7 Å². The van der Waals surface area contributed by atoms with Gasteiger partial charge in [0, 0.05) is 37.8 Å². The Morgan fingerprint density at radius 3 is 2.89 bits per heavy atom. The number of halogens is 1. The van der Waals surface area contributed by atoms with Gasteiger partial charge in [-0.2, -0.15) is 0 Å². The average molecular weight is 284 g/mol. The number of amides is 1. The van der Waals surface area contributed by atoms with Crippen molar-refractivity contribution in [3.8, 4) is 0 Å². The molecule has 1 aromatic carbocycles. The zero-order valence-corrected chi connectivity index (χ0v) is 11.2. The normalized spacial score (nSPS) is 19.3. The third-order valence-corrected chi connectivity index (χ3v) is 3.36. The Morgan fingerprint density at radius 2 is 2.32 bits per heavy atom. The predicted octanol–water partition coefficient (Wildman–Crippen LogP) is 1.68. The van der Waals surface area contributed by atoms with Gasteiger partial charge in [-0.05, 0) is 13.0 Å². The molecular formula is C12H14ClN3O3. The van der Waals surface area contributed by atoms with E-state index in [0.717, 1.165) is 6.54 Å². The molecule has 0 aromatic heterocycles. The van der Waals surface area contributed by atoms with E-state index in [1.807, 2.05) is 6.92 Å². The summed E-state index contributed by atoms with van der Waals surface area (Å²) in [5, 5.41) is 14.0. The molecule has 0 aliphatic carbocycles. The van der Waals surface area contributed by atoms with Gasteiger partial charge in [-0.15, -0.1) is 0 Å². The Hall–Kier alpha value is -1.66. The summed E-state index contributed by atoms with van der Waals surface area (Å²) >= 11 is 5.96. The summed E-state index contributed by atoms with van der Waals surface area (Å²) in [7, 11) is 0. The molecule has 1 aliphatic heterocycles. The van der Waals surface area contributed by atoms with Crippen LogP contribution >= 0.6 is 11.6 Å². The standard InChI is InChI=1S/C12H14ClN3O3/c1-8-7-15(5-4-14-8)12(17)10-3-2-9(16(18)19)6-11(10)13/h2-3,6,8,14H,4-5,7H2,1H3. The van der Waals surface area contributed by atoms with Crippen molar-refractivity contribution in [3.63, 3.8) is 0 Å². The first kappa shape index (κ1) is 13.8. The fourth-order valence-electron chi connectivity index (χ4n) is 2.08. The molecule has 19 heavy (non-hydrogen) atoms. The van der Waals surface area contributed by atoms with Gasteiger partial charge in [0.25, 0.3) is 11.6 Å². The second-order valence-electron chi connectivity index (χ2n) is 4.53. The lowest BCUT2D eigenvalue weighted by Crippen LogP contribution is -2.51. The first-order valence-corrected chi connectivity index (χ1v) is 6.33. The lowest BCUT2D eigenvalue weighted by atomic mass is 10.1. The molecular weight excluding hydrogens is 270 g/mol. The zero-order valence-electron chi connectivity index (χ0n) is 10.4. The van der Waals surface area contributed by atoms with E-state index in [2.05, 4.69) is 5.32 Å². The number of carbonyl (C=O) groups is 1. The van der Waals surface area contributed by atoms with Gasteiger partial charge >= 0.3 is 0 Å². The molecule has 1 atom stereocenters. The Bertz CT molecular complexity index is 521. The van der Waals surface area contributed by atoms with Gasteiger partial charge in [-0.25, -0.2) is 0 Å². The fourth-order valence-corrected chi connectivity index (χ4v) is 2.33. The molecule has 102 valence electrons. The Labute approximate surface area is 115 Å². The molecule has 1 amide bonds. The molecule has 1 aromatic rings. The molecule has 0 spiro atoms. The highest BCUT2D eigenvalue weighted by atomic mass is 35.5. The number of nitrogens with zero attached hydrogens (tertiary/aromatic N) is 2. The van der Waals surface area contributed by atoms with Crippen molar-refractivity contribution in [1.82, 2.24) is 10.2 Å². The highest BCUT2D eigenvalue weighted by molar-refractivity contribution is 6.34. The molecule has 1 N–H and O–H groups in total. The molecule has 1 unspecified atom stereocenters. The molecule has 1 heterocycles. The second kappa shape index (κ2) is 5.54. The number of non-ortho nitro benzene ring substituents is 1. The Kier molecular flexibility index (Phi) is 4.01. The summed E-state index contributed by atoms with van der Waals surface area (Å²) in [4.78, 5) is 24.1. The number of nitrogens with one attached hydrogen (secondary N) is 1. The van der Waals surface area contributed by atoms with E-state index in [4.69, 9.17) is 11.6 Å². The highest BCUT2D eigenvalue weighted by Crippen LogP contribution is 2.24. The molecule has 0 radical (unpaired) electrons. The summed E-state index contributed by atoms with van der Waals surface area (Å²) in [6.45, 7) is 3.94. The monoisotopic (exact) mass is 283 g/mol. The van der Waals surface area contributed by atoms with E-state index in [9.17, 15) is 14.9 Å². The molecule has 6 nitrogen and oxygen atoms in total. The van der Waals surface area contributed by atoms with Gasteiger partial charge < -0.3 is 10.2 Å². The number of hydrogen-bond acceptors (Lipinski definition) is 4. The van der Waals surface area contributed by atoms with Crippen molar-refractivity contribution in [2.45, 2.75) is 13.0 Å². The van der Waals surface area contributed by atoms with Gasteiger partial charge in [0.05, 0.1) is 15.5 Å². The molecule has 7 heteroatoms. The average Bonchev–Trinajstić information content (AvgIpc) is 2.37. The number of nitro benzene ring substituents is 1. The quantitative estimate of drug-likeness (QED) is 0.662. The van der Waals surface area contributed by atoms with Crippen molar-refractivity contribution in [1.29, 1.82) is 0 Å². The third-order valence-electron chi connectivity index (χ3n) is 3.05. The maximum atomic E-state index is 12.3. The first-order valence-electron chi connectivity index (χ1n) is 5.95. The molecule has 0 bridgehead atoms. The van der Waals surface area contributed by atoms with Crippen LogP contribution in [-0.2, 0) is 0 Å². The van der Waals surface area contributed by atoms with Gasteiger partial charge in [0.1, 0.15) is 0 Å². The van der Waals surface area contributed by atoms with E-state index in [1.54, 1.807) is 4.90 Å². The van der Waals surface area contributed by atoms with Crippen LogP contribution < -0.4 is 5.32 Å². The zero-order chi connectivity index (χ0) is 14.0. The Balaban J connectivity index is 2.21. The van der Waals surface area contributed by atoms with Crippen LogP contribution in [0.3, 0.4) is 0 Å². The van der Waals surface area contributed by atoms with Crippen LogP contribution in [0.4, 0.5) is 5.69 Å². The molecule has 1 aliphatic rings. The van der Waals surface area contributed by atoms with Crippen LogP contribution in [0.2, 0.25) is 5.02 Å². The van der Waals surface area contributed by atoms with E-state index in [1.165, 1.54) is 18.2 Å². The minimum atomic E-state index is -0.535. The van der Waals surface area contributed by atoms with Gasteiger partial charge in [0.2, 0.25) is 0 Å².